The first kappa shape index (κ1) is 19.9. The highest BCUT2D eigenvalue weighted by molar-refractivity contribution is 8.00. The Morgan fingerprint density at radius 1 is 1.37 bits per heavy atom. The zero-order valence-electron chi connectivity index (χ0n) is 15.2. The van der Waals surface area contributed by atoms with Crippen LogP contribution in [0.25, 0.3) is 0 Å². The Hall–Kier alpha value is -1.81. The summed E-state index contributed by atoms with van der Waals surface area (Å²) >= 11 is 3.19. The molecule has 3 N–H and O–H groups in total. The molecular weight excluding hydrogens is 388 g/mol. The van der Waals surface area contributed by atoms with E-state index in [2.05, 4.69) is 20.9 Å². The predicted octanol–water partition coefficient (Wildman–Crippen LogP) is 1.91. The summed E-state index contributed by atoms with van der Waals surface area (Å²) in [4.78, 5) is 39.1. The Balaban J connectivity index is 1.32. The first-order chi connectivity index (χ1) is 13.0. The van der Waals surface area contributed by atoms with Gasteiger partial charge >= 0.3 is 12.0 Å². The van der Waals surface area contributed by atoms with E-state index in [0.717, 1.165) is 25.0 Å². The van der Waals surface area contributed by atoms with Crippen LogP contribution in [0.4, 0.5) is 9.93 Å². The van der Waals surface area contributed by atoms with Crippen molar-refractivity contribution in [3.63, 3.8) is 0 Å². The molecular formula is C17H24N4O4S2. The molecule has 10 heteroatoms. The molecule has 2 saturated heterocycles. The summed E-state index contributed by atoms with van der Waals surface area (Å²) in [6, 6.07) is 0.384. The number of hydrogen-bond acceptors (Lipinski definition) is 7. The summed E-state index contributed by atoms with van der Waals surface area (Å²) in [6.45, 7) is 2.10. The summed E-state index contributed by atoms with van der Waals surface area (Å²) in [5.74, 6) is 0.563. The lowest BCUT2D eigenvalue weighted by atomic mass is 10.0. The van der Waals surface area contributed by atoms with Gasteiger partial charge in [-0.2, -0.15) is 11.8 Å². The fraction of sp³-hybridized carbons (Fsp3) is 0.647. The standard InChI is InChI=1S/C17H24N4O4S2/c1-2-25-14(23)7-10-8-27-17(18-10)20-13(22)6-4-3-5-12-15-11(9-26-12)19-16(24)21-15/h8,11-12,15H,2-7,9H2,1H3,(H,18,20,22)(H2,19,21,24)/t11-,12+,15+/m0/s1. The number of thioether (sulfide) groups is 1. The maximum absolute atomic E-state index is 12.1. The fourth-order valence-corrected chi connectivity index (χ4v) is 5.53. The number of amides is 3. The second-order valence-corrected chi connectivity index (χ2v) is 8.67. The van der Waals surface area contributed by atoms with Crippen molar-refractivity contribution in [1.29, 1.82) is 0 Å². The number of fused-ring (bicyclic) bond motifs is 1. The lowest BCUT2D eigenvalue weighted by molar-refractivity contribution is -0.142. The number of esters is 1. The van der Waals surface area contributed by atoms with Crippen LogP contribution in [0.15, 0.2) is 5.38 Å². The van der Waals surface area contributed by atoms with Crippen LogP contribution in [-0.2, 0) is 20.7 Å². The van der Waals surface area contributed by atoms with Crippen molar-refractivity contribution in [2.24, 2.45) is 0 Å². The highest BCUT2D eigenvalue weighted by atomic mass is 32.2. The molecule has 3 amide bonds. The molecule has 1 aromatic rings. The van der Waals surface area contributed by atoms with Gasteiger partial charge in [-0.25, -0.2) is 9.78 Å². The largest absolute Gasteiger partial charge is 0.466 e. The van der Waals surface area contributed by atoms with Crippen molar-refractivity contribution in [1.82, 2.24) is 15.6 Å². The minimum atomic E-state index is -0.318. The summed E-state index contributed by atoms with van der Waals surface area (Å²) in [5.41, 5.74) is 0.605. The number of hydrogen-bond donors (Lipinski definition) is 3. The van der Waals surface area contributed by atoms with E-state index in [1.54, 1.807) is 12.3 Å². The zero-order chi connectivity index (χ0) is 19.2. The van der Waals surface area contributed by atoms with Crippen molar-refractivity contribution in [2.45, 2.75) is 56.4 Å². The third-order valence-electron chi connectivity index (χ3n) is 4.51. The molecule has 8 nitrogen and oxygen atoms in total. The molecule has 148 valence electrons. The summed E-state index contributed by atoms with van der Waals surface area (Å²) in [7, 11) is 0. The smallest absolute Gasteiger partial charge is 0.315 e. The maximum atomic E-state index is 12.1. The highest BCUT2D eigenvalue weighted by Gasteiger charge is 2.42. The lowest BCUT2D eigenvalue weighted by Gasteiger charge is -2.16. The second-order valence-electron chi connectivity index (χ2n) is 6.54. The van der Waals surface area contributed by atoms with Gasteiger partial charge in [-0.05, 0) is 19.8 Å². The van der Waals surface area contributed by atoms with Gasteiger partial charge in [0, 0.05) is 22.8 Å². The van der Waals surface area contributed by atoms with E-state index in [9.17, 15) is 14.4 Å². The van der Waals surface area contributed by atoms with Crippen molar-refractivity contribution < 1.29 is 19.1 Å². The van der Waals surface area contributed by atoms with Crippen molar-refractivity contribution in [2.75, 3.05) is 17.7 Å². The number of thiazole rings is 1. The Kier molecular flexibility index (Phi) is 6.95. The van der Waals surface area contributed by atoms with Gasteiger partial charge in [-0.15, -0.1) is 11.3 Å². The molecule has 2 fully saturated rings. The molecule has 0 unspecified atom stereocenters. The molecule has 0 bridgehead atoms. The molecule has 0 aromatic carbocycles. The van der Waals surface area contributed by atoms with E-state index in [1.165, 1.54) is 11.3 Å². The van der Waals surface area contributed by atoms with E-state index in [0.29, 0.717) is 29.1 Å². The van der Waals surface area contributed by atoms with Crippen LogP contribution in [-0.4, -0.2) is 52.6 Å². The minimum absolute atomic E-state index is 0.0690. The van der Waals surface area contributed by atoms with Gasteiger partial charge in [-0.1, -0.05) is 6.42 Å². The fourth-order valence-electron chi connectivity index (χ4n) is 3.26. The molecule has 3 heterocycles. The minimum Gasteiger partial charge on any atom is -0.466 e. The number of aromatic nitrogens is 1. The third kappa shape index (κ3) is 5.58. The number of anilines is 1. The highest BCUT2D eigenvalue weighted by Crippen LogP contribution is 2.33. The summed E-state index contributed by atoms with van der Waals surface area (Å²) in [6.07, 6.45) is 3.27. The molecule has 0 aliphatic carbocycles. The molecule has 0 spiro atoms. The third-order valence-corrected chi connectivity index (χ3v) is 6.82. The number of nitrogens with one attached hydrogen (secondary N) is 3. The number of ether oxygens (including phenoxy) is 1. The number of carbonyl (C=O) groups is 3. The van der Waals surface area contributed by atoms with Crippen LogP contribution in [0.3, 0.4) is 0 Å². The lowest BCUT2D eigenvalue weighted by Crippen LogP contribution is -2.36. The quantitative estimate of drug-likeness (QED) is 0.325. The normalized spacial score (nSPS) is 23.4. The molecule has 2 aliphatic heterocycles. The molecule has 1 aromatic heterocycles. The number of rotatable bonds is 9. The van der Waals surface area contributed by atoms with E-state index in [4.69, 9.17) is 4.74 Å². The van der Waals surface area contributed by atoms with Crippen LogP contribution in [0, 0.1) is 0 Å². The number of urea groups is 1. The Morgan fingerprint density at radius 3 is 3.04 bits per heavy atom. The second kappa shape index (κ2) is 9.41. The van der Waals surface area contributed by atoms with Gasteiger partial charge in [-0.3, -0.25) is 9.59 Å². The van der Waals surface area contributed by atoms with Gasteiger partial charge in [0.25, 0.3) is 0 Å². The zero-order valence-corrected chi connectivity index (χ0v) is 16.8. The average molecular weight is 413 g/mol. The van der Waals surface area contributed by atoms with Gasteiger partial charge in [0.2, 0.25) is 5.91 Å². The average Bonchev–Trinajstić information content (AvgIpc) is 3.29. The van der Waals surface area contributed by atoms with Crippen molar-refractivity contribution in [3.8, 4) is 0 Å². The van der Waals surface area contributed by atoms with E-state index >= 15 is 0 Å². The SMILES string of the molecule is CCOC(=O)Cc1csc(NC(=O)CCCC[C@H]2SC[C@@H]3NC(=O)N[C@H]32)n1. The Morgan fingerprint density at radius 2 is 2.22 bits per heavy atom. The van der Waals surface area contributed by atoms with Crippen LogP contribution in [0.2, 0.25) is 0 Å². The van der Waals surface area contributed by atoms with Crippen LogP contribution in [0.1, 0.15) is 38.3 Å². The first-order valence-electron chi connectivity index (χ1n) is 9.13. The van der Waals surface area contributed by atoms with Crippen molar-refractivity contribution >= 4 is 46.1 Å². The molecule has 27 heavy (non-hydrogen) atoms. The summed E-state index contributed by atoms with van der Waals surface area (Å²) in [5, 5.41) is 11.4. The topological polar surface area (TPSA) is 109 Å². The van der Waals surface area contributed by atoms with Gasteiger partial charge in [0.05, 0.1) is 30.8 Å². The Labute approximate surface area is 166 Å². The van der Waals surface area contributed by atoms with Gasteiger partial charge < -0.3 is 20.7 Å². The summed E-state index contributed by atoms with van der Waals surface area (Å²) < 4.78 is 4.89. The number of nitrogens with zero attached hydrogens (tertiary/aromatic N) is 1. The Bertz CT molecular complexity index is 696. The molecule has 0 radical (unpaired) electrons. The van der Waals surface area contributed by atoms with E-state index < -0.39 is 0 Å². The maximum Gasteiger partial charge on any atom is 0.315 e. The monoisotopic (exact) mass is 412 g/mol. The molecule has 3 rings (SSSR count). The van der Waals surface area contributed by atoms with E-state index in [-0.39, 0.29) is 36.4 Å². The first-order valence-corrected chi connectivity index (χ1v) is 11.1. The number of unbranched alkanes of at least 4 members (excludes halogenated alkanes) is 1. The van der Waals surface area contributed by atoms with Crippen LogP contribution in [0.5, 0.6) is 0 Å². The van der Waals surface area contributed by atoms with Crippen molar-refractivity contribution in [3.05, 3.63) is 11.1 Å². The predicted molar refractivity (Wildman–Crippen MR) is 105 cm³/mol. The number of carbonyl (C=O) groups excluding carboxylic acids is 3. The molecule has 3 atom stereocenters. The van der Waals surface area contributed by atoms with E-state index in [1.807, 2.05) is 11.8 Å². The van der Waals surface area contributed by atoms with Gasteiger partial charge in [0.1, 0.15) is 0 Å². The molecule has 2 aliphatic rings. The van der Waals surface area contributed by atoms with Crippen LogP contribution >= 0.6 is 23.1 Å². The van der Waals surface area contributed by atoms with Crippen LogP contribution < -0.4 is 16.0 Å². The molecule has 0 saturated carbocycles. The van der Waals surface area contributed by atoms with Gasteiger partial charge in [0.15, 0.2) is 5.13 Å².